The van der Waals surface area contributed by atoms with Gasteiger partial charge in [0.1, 0.15) is 5.60 Å². The van der Waals surface area contributed by atoms with Gasteiger partial charge in [-0.3, -0.25) is 9.78 Å². The van der Waals surface area contributed by atoms with E-state index in [4.69, 9.17) is 9.84 Å². The smallest absolute Gasteiger partial charge is 0.337 e. The summed E-state index contributed by atoms with van der Waals surface area (Å²) < 4.78 is 5.40. The molecule has 1 saturated heterocycles. The highest BCUT2D eigenvalue weighted by molar-refractivity contribution is 5.98. The minimum Gasteiger partial charge on any atom is -0.478 e. The van der Waals surface area contributed by atoms with E-state index in [0.717, 1.165) is 6.42 Å². The number of amides is 1. The number of aromatic carboxylic acids is 1. The molecule has 1 amide bonds. The highest BCUT2D eigenvalue weighted by Gasteiger charge is 2.37. The van der Waals surface area contributed by atoms with E-state index in [-0.39, 0.29) is 11.5 Å². The number of aromatic nitrogens is 1. The van der Waals surface area contributed by atoms with Crippen molar-refractivity contribution in [3.63, 3.8) is 0 Å². The van der Waals surface area contributed by atoms with Gasteiger partial charge >= 0.3 is 5.97 Å². The molecule has 0 bridgehead atoms. The number of carboxylic acid groups (broad SMARTS) is 1. The SMILES string of the molecule is CC1(C(=O)Nc2cncc(C(=O)O)c2)CCCO1. The third-order valence-corrected chi connectivity index (χ3v) is 2.94. The van der Waals surface area contributed by atoms with Crippen LogP contribution in [0.2, 0.25) is 0 Å². The molecular weight excluding hydrogens is 236 g/mol. The minimum absolute atomic E-state index is 0.0327. The quantitative estimate of drug-likeness (QED) is 0.843. The van der Waals surface area contributed by atoms with E-state index in [1.807, 2.05) is 0 Å². The number of carboxylic acids is 1. The van der Waals surface area contributed by atoms with Crippen LogP contribution in [0.4, 0.5) is 5.69 Å². The van der Waals surface area contributed by atoms with Crippen molar-refractivity contribution in [1.82, 2.24) is 4.98 Å². The van der Waals surface area contributed by atoms with Crippen LogP contribution in [0.5, 0.6) is 0 Å². The van der Waals surface area contributed by atoms with Crippen molar-refractivity contribution in [3.8, 4) is 0 Å². The molecule has 2 rings (SSSR count). The molecule has 2 heterocycles. The molecule has 2 N–H and O–H groups in total. The number of anilines is 1. The van der Waals surface area contributed by atoms with Crippen molar-refractivity contribution in [1.29, 1.82) is 0 Å². The third kappa shape index (κ3) is 2.48. The van der Waals surface area contributed by atoms with E-state index in [0.29, 0.717) is 18.7 Å². The van der Waals surface area contributed by atoms with Crippen LogP contribution in [0.15, 0.2) is 18.5 Å². The first-order valence-corrected chi connectivity index (χ1v) is 5.65. The number of nitrogens with one attached hydrogen (secondary N) is 1. The first kappa shape index (κ1) is 12.5. The normalized spacial score (nSPS) is 22.7. The maximum atomic E-state index is 12.0. The molecule has 6 nitrogen and oxygen atoms in total. The lowest BCUT2D eigenvalue weighted by Crippen LogP contribution is -2.39. The van der Waals surface area contributed by atoms with Gasteiger partial charge in [0, 0.05) is 12.8 Å². The van der Waals surface area contributed by atoms with Crippen LogP contribution in [0.1, 0.15) is 30.1 Å². The third-order valence-electron chi connectivity index (χ3n) is 2.94. The van der Waals surface area contributed by atoms with Gasteiger partial charge in [-0.25, -0.2) is 4.79 Å². The van der Waals surface area contributed by atoms with E-state index in [2.05, 4.69) is 10.3 Å². The van der Waals surface area contributed by atoms with Gasteiger partial charge in [-0.2, -0.15) is 0 Å². The van der Waals surface area contributed by atoms with Gasteiger partial charge in [0.2, 0.25) is 0 Å². The van der Waals surface area contributed by atoms with E-state index in [1.54, 1.807) is 6.92 Å². The Labute approximate surface area is 104 Å². The zero-order valence-electron chi connectivity index (χ0n) is 9.97. The first-order chi connectivity index (χ1) is 8.51. The number of nitrogens with zero attached hydrogens (tertiary/aromatic N) is 1. The van der Waals surface area contributed by atoms with Crippen LogP contribution in [0.25, 0.3) is 0 Å². The van der Waals surface area contributed by atoms with Gasteiger partial charge < -0.3 is 15.2 Å². The summed E-state index contributed by atoms with van der Waals surface area (Å²) in [4.78, 5) is 26.6. The van der Waals surface area contributed by atoms with Crippen LogP contribution < -0.4 is 5.32 Å². The molecule has 1 aromatic rings. The van der Waals surface area contributed by atoms with Crippen LogP contribution in [0, 0.1) is 0 Å². The second-order valence-corrected chi connectivity index (χ2v) is 4.40. The Hall–Kier alpha value is -1.95. The van der Waals surface area contributed by atoms with Gasteiger partial charge in [0.15, 0.2) is 0 Å². The summed E-state index contributed by atoms with van der Waals surface area (Å²) >= 11 is 0. The maximum absolute atomic E-state index is 12.0. The highest BCUT2D eigenvalue weighted by atomic mass is 16.5. The molecule has 1 aliphatic heterocycles. The van der Waals surface area contributed by atoms with Crippen molar-refractivity contribution in [2.45, 2.75) is 25.4 Å². The minimum atomic E-state index is -1.08. The second-order valence-electron chi connectivity index (χ2n) is 4.40. The van der Waals surface area contributed by atoms with Crippen LogP contribution >= 0.6 is 0 Å². The van der Waals surface area contributed by atoms with Gasteiger partial charge in [0.25, 0.3) is 5.91 Å². The number of carbonyl (C=O) groups excluding carboxylic acids is 1. The van der Waals surface area contributed by atoms with Crippen molar-refractivity contribution in [3.05, 3.63) is 24.0 Å². The zero-order valence-corrected chi connectivity index (χ0v) is 9.97. The molecule has 0 saturated carbocycles. The van der Waals surface area contributed by atoms with Gasteiger partial charge in [-0.1, -0.05) is 0 Å². The van der Waals surface area contributed by atoms with E-state index in [9.17, 15) is 9.59 Å². The Bertz CT molecular complexity index is 481. The van der Waals surface area contributed by atoms with Gasteiger partial charge in [-0.15, -0.1) is 0 Å². The molecule has 6 heteroatoms. The summed E-state index contributed by atoms with van der Waals surface area (Å²) in [5, 5.41) is 11.5. The zero-order chi connectivity index (χ0) is 13.2. The molecular formula is C12H14N2O4. The second kappa shape index (κ2) is 4.73. The number of ether oxygens (including phenoxy) is 1. The molecule has 18 heavy (non-hydrogen) atoms. The summed E-state index contributed by atoms with van der Waals surface area (Å²) in [6, 6.07) is 1.37. The summed E-state index contributed by atoms with van der Waals surface area (Å²) in [5.74, 6) is -1.36. The highest BCUT2D eigenvalue weighted by Crippen LogP contribution is 2.26. The predicted molar refractivity (Wildman–Crippen MR) is 63.4 cm³/mol. The molecule has 0 aliphatic carbocycles. The number of hydrogen-bond donors (Lipinski definition) is 2. The Morgan fingerprint density at radius 1 is 1.50 bits per heavy atom. The Morgan fingerprint density at radius 3 is 2.89 bits per heavy atom. The van der Waals surface area contributed by atoms with Crippen molar-refractivity contribution in [2.75, 3.05) is 11.9 Å². The molecule has 96 valence electrons. The number of pyridine rings is 1. The molecule has 1 aromatic heterocycles. The van der Waals surface area contributed by atoms with Gasteiger partial charge in [0.05, 0.1) is 17.4 Å². The van der Waals surface area contributed by atoms with E-state index in [1.165, 1.54) is 18.5 Å². The molecule has 1 fully saturated rings. The topological polar surface area (TPSA) is 88.5 Å². The molecule has 0 aromatic carbocycles. The summed E-state index contributed by atoms with van der Waals surface area (Å²) in [7, 11) is 0. The average Bonchev–Trinajstić information content (AvgIpc) is 2.78. The molecule has 1 aliphatic rings. The van der Waals surface area contributed by atoms with Crippen molar-refractivity contribution < 1.29 is 19.4 Å². The summed E-state index contributed by atoms with van der Waals surface area (Å²) in [6.07, 6.45) is 4.14. The van der Waals surface area contributed by atoms with E-state index < -0.39 is 11.6 Å². The number of carbonyl (C=O) groups is 2. The fraction of sp³-hybridized carbons (Fsp3) is 0.417. The van der Waals surface area contributed by atoms with Crippen molar-refractivity contribution in [2.24, 2.45) is 0 Å². The Balaban J connectivity index is 2.11. The Kier molecular flexibility index (Phi) is 3.29. The van der Waals surface area contributed by atoms with Crippen LogP contribution in [0.3, 0.4) is 0 Å². The van der Waals surface area contributed by atoms with E-state index >= 15 is 0 Å². The number of hydrogen-bond acceptors (Lipinski definition) is 4. The summed E-state index contributed by atoms with van der Waals surface area (Å²) in [6.45, 7) is 2.29. The predicted octanol–water partition coefficient (Wildman–Crippen LogP) is 1.29. The largest absolute Gasteiger partial charge is 0.478 e. The molecule has 0 spiro atoms. The molecule has 1 atom stereocenters. The lowest BCUT2D eigenvalue weighted by Gasteiger charge is -2.21. The fourth-order valence-electron chi connectivity index (χ4n) is 1.85. The molecule has 0 radical (unpaired) electrons. The fourth-order valence-corrected chi connectivity index (χ4v) is 1.85. The monoisotopic (exact) mass is 250 g/mol. The lowest BCUT2D eigenvalue weighted by molar-refractivity contribution is -0.133. The van der Waals surface area contributed by atoms with Crippen molar-refractivity contribution >= 4 is 17.6 Å². The summed E-state index contributed by atoms with van der Waals surface area (Å²) in [5.41, 5.74) is -0.443. The standard InChI is InChI=1S/C12H14N2O4/c1-12(3-2-4-18-12)11(17)14-9-5-8(10(15)16)6-13-7-9/h5-7H,2-4H2,1H3,(H,14,17)(H,15,16). The van der Waals surface area contributed by atoms with Crippen LogP contribution in [-0.4, -0.2) is 34.2 Å². The van der Waals surface area contributed by atoms with Crippen LogP contribution in [-0.2, 0) is 9.53 Å². The maximum Gasteiger partial charge on any atom is 0.337 e. The van der Waals surface area contributed by atoms with Gasteiger partial charge in [-0.05, 0) is 25.8 Å². The molecule has 1 unspecified atom stereocenters. The number of rotatable bonds is 3. The average molecular weight is 250 g/mol. The first-order valence-electron chi connectivity index (χ1n) is 5.65. The lowest BCUT2D eigenvalue weighted by atomic mass is 10.0. The Morgan fingerprint density at radius 2 is 2.28 bits per heavy atom.